The van der Waals surface area contributed by atoms with E-state index in [0.717, 1.165) is 5.92 Å². The molecule has 1 aliphatic rings. The van der Waals surface area contributed by atoms with Gasteiger partial charge in [0.2, 0.25) is 11.8 Å². The van der Waals surface area contributed by atoms with Gasteiger partial charge in [0.25, 0.3) is 0 Å². The van der Waals surface area contributed by atoms with Crippen molar-refractivity contribution in [1.29, 1.82) is 0 Å². The Bertz CT molecular complexity index is 573. The summed E-state index contributed by atoms with van der Waals surface area (Å²) in [6.45, 7) is 2.29. The van der Waals surface area contributed by atoms with Gasteiger partial charge in [-0.25, -0.2) is 4.98 Å². The summed E-state index contributed by atoms with van der Waals surface area (Å²) in [5.74, 6) is 2.60. The van der Waals surface area contributed by atoms with Gasteiger partial charge in [-0.05, 0) is 23.8 Å². The second-order valence-corrected chi connectivity index (χ2v) is 5.33. The zero-order chi connectivity index (χ0) is 13.9. The first-order chi connectivity index (χ1) is 9.78. The molecule has 0 spiro atoms. The van der Waals surface area contributed by atoms with E-state index in [1.807, 2.05) is 6.07 Å². The summed E-state index contributed by atoms with van der Waals surface area (Å²) in [6, 6.07) is 12.5. The van der Waals surface area contributed by atoms with E-state index in [1.165, 1.54) is 12.0 Å². The normalized spacial score (nSPS) is 22.1. The number of nitrogens with zero attached hydrogens (tertiary/aromatic N) is 2. The highest BCUT2D eigenvalue weighted by Crippen LogP contribution is 2.48. The molecule has 0 amide bonds. The fourth-order valence-corrected chi connectivity index (χ4v) is 2.58. The van der Waals surface area contributed by atoms with Gasteiger partial charge in [0.1, 0.15) is 0 Å². The van der Waals surface area contributed by atoms with Crippen LogP contribution < -0.4 is 10.1 Å². The van der Waals surface area contributed by atoms with Crippen molar-refractivity contribution in [2.45, 2.75) is 19.4 Å². The van der Waals surface area contributed by atoms with Gasteiger partial charge in [-0.3, -0.25) is 0 Å². The van der Waals surface area contributed by atoms with Crippen LogP contribution >= 0.6 is 0 Å². The molecule has 20 heavy (non-hydrogen) atoms. The van der Waals surface area contributed by atoms with Gasteiger partial charge >= 0.3 is 0 Å². The third-order valence-corrected chi connectivity index (χ3v) is 3.88. The molecule has 0 radical (unpaired) electrons. The Hall–Kier alpha value is -2.10. The van der Waals surface area contributed by atoms with Gasteiger partial charge in [0.15, 0.2) is 0 Å². The van der Waals surface area contributed by atoms with E-state index in [1.54, 1.807) is 19.4 Å². The first-order valence-corrected chi connectivity index (χ1v) is 6.96. The number of hydrogen-bond acceptors (Lipinski definition) is 4. The molecule has 0 bridgehead atoms. The lowest BCUT2D eigenvalue weighted by Crippen LogP contribution is -2.15. The third kappa shape index (κ3) is 2.74. The summed E-state index contributed by atoms with van der Waals surface area (Å²) in [7, 11) is 1.61. The van der Waals surface area contributed by atoms with Crippen LogP contribution in [0.1, 0.15) is 24.9 Å². The average molecular weight is 269 g/mol. The van der Waals surface area contributed by atoms with Crippen molar-refractivity contribution < 1.29 is 4.74 Å². The molecule has 3 unspecified atom stereocenters. The maximum absolute atomic E-state index is 5.15. The van der Waals surface area contributed by atoms with Crippen LogP contribution in [0.25, 0.3) is 0 Å². The standard InChI is InChI=1S/C16H19N3O/c1-11-10-13(11)15(12-6-4-3-5-7-12)19-16-17-9-8-14(18-16)20-2/h3-9,11,13,15H,10H2,1-2H3,(H,17,18,19). The molecular formula is C16H19N3O. The smallest absolute Gasteiger partial charge is 0.226 e. The first kappa shape index (κ1) is 12.9. The predicted molar refractivity (Wildman–Crippen MR) is 78.7 cm³/mol. The molecule has 3 atom stereocenters. The minimum Gasteiger partial charge on any atom is -0.481 e. The van der Waals surface area contributed by atoms with E-state index in [-0.39, 0.29) is 6.04 Å². The average Bonchev–Trinajstić information content (AvgIpc) is 3.22. The monoisotopic (exact) mass is 269 g/mol. The number of anilines is 1. The minimum atomic E-state index is 0.262. The van der Waals surface area contributed by atoms with Crippen LogP contribution in [0, 0.1) is 11.8 Å². The number of methoxy groups -OCH3 is 1. The number of aromatic nitrogens is 2. The van der Waals surface area contributed by atoms with E-state index in [4.69, 9.17) is 4.74 Å². The van der Waals surface area contributed by atoms with Crippen LogP contribution in [0.5, 0.6) is 5.88 Å². The Balaban J connectivity index is 1.83. The molecular weight excluding hydrogens is 250 g/mol. The second kappa shape index (κ2) is 5.49. The summed E-state index contributed by atoms with van der Waals surface area (Å²) in [6.07, 6.45) is 2.96. The molecule has 1 aromatic heterocycles. The molecule has 1 N–H and O–H groups in total. The van der Waals surface area contributed by atoms with Gasteiger partial charge < -0.3 is 10.1 Å². The lowest BCUT2D eigenvalue weighted by molar-refractivity contribution is 0.397. The van der Waals surface area contributed by atoms with Crippen molar-refractivity contribution in [3.05, 3.63) is 48.2 Å². The van der Waals surface area contributed by atoms with Crippen molar-refractivity contribution in [2.75, 3.05) is 12.4 Å². The molecule has 1 heterocycles. The van der Waals surface area contributed by atoms with Crippen molar-refractivity contribution in [1.82, 2.24) is 9.97 Å². The van der Waals surface area contributed by atoms with Crippen LogP contribution in [0.2, 0.25) is 0 Å². The second-order valence-electron chi connectivity index (χ2n) is 5.33. The highest BCUT2D eigenvalue weighted by Gasteiger charge is 2.40. The molecule has 2 aromatic rings. The van der Waals surface area contributed by atoms with Gasteiger partial charge in [0, 0.05) is 12.3 Å². The molecule has 4 nitrogen and oxygen atoms in total. The maximum Gasteiger partial charge on any atom is 0.226 e. The number of hydrogen-bond donors (Lipinski definition) is 1. The summed E-state index contributed by atoms with van der Waals surface area (Å²) in [4.78, 5) is 8.63. The zero-order valence-corrected chi connectivity index (χ0v) is 11.8. The predicted octanol–water partition coefficient (Wildman–Crippen LogP) is 3.29. The van der Waals surface area contributed by atoms with Gasteiger partial charge in [-0.15, -0.1) is 0 Å². The van der Waals surface area contributed by atoms with Crippen molar-refractivity contribution in [2.24, 2.45) is 11.8 Å². The largest absolute Gasteiger partial charge is 0.481 e. The van der Waals surface area contributed by atoms with Crippen LogP contribution in [-0.2, 0) is 0 Å². The molecule has 1 aromatic carbocycles. The Labute approximate surface area is 119 Å². The van der Waals surface area contributed by atoms with Crippen molar-refractivity contribution >= 4 is 5.95 Å². The molecule has 4 heteroatoms. The summed E-state index contributed by atoms with van der Waals surface area (Å²) < 4.78 is 5.15. The fraction of sp³-hybridized carbons (Fsp3) is 0.375. The van der Waals surface area contributed by atoms with E-state index in [0.29, 0.717) is 17.7 Å². The fourth-order valence-electron chi connectivity index (χ4n) is 2.58. The first-order valence-electron chi connectivity index (χ1n) is 6.96. The summed E-state index contributed by atoms with van der Waals surface area (Å²) in [5.41, 5.74) is 1.29. The lowest BCUT2D eigenvalue weighted by Gasteiger charge is -2.19. The molecule has 1 saturated carbocycles. The van der Waals surface area contributed by atoms with Crippen LogP contribution in [-0.4, -0.2) is 17.1 Å². The molecule has 1 aliphatic carbocycles. The topological polar surface area (TPSA) is 47.0 Å². The van der Waals surface area contributed by atoms with Gasteiger partial charge in [-0.1, -0.05) is 37.3 Å². The summed E-state index contributed by atoms with van der Waals surface area (Å²) >= 11 is 0. The molecule has 104 valence electrons. The summed E-state index contributed by atoms with van der Waals surface area (Å²) in [5, 5.41) is 3.46. The highest BCUT2D eigenvalue weighted by atomic mass is 16.5. The van der Waals surface area contributed by atoms with E-state index in [2.05, 4.69) is 46.5 Å². The van der Waals surface area contributed by atoms with Gasteiger partial charge in [-0.2, -0.15) is 4.98 Å². The van der Waals surface area contributed by atoms with Crippen LogP contribution in [0.4, 0.5) is 5.95 Å². The molecule has 0 aliphatic heterocycles. The Kier molecular flexibility index (Phi) is 3.54. The van der Waals surface area contributed by atoms with E-state index >= 15 is 0 Å². The number of rotatable bonds is 5. The number of ether oxygens (including phenoxy) is 1. The van der Waals surface area contributed by atoms with Crippen molar-refractivity contribution in [3.63, 3.8) is 0 Å². The SMILES string of the molecule is COc1ccnc(NC(c2ccccc2)C2CC2C)n1. The Morgan fingerprint density at radius 1 is 1.25 bits per heavy atom. The number of benzene rings is 1. The van der Waals surface area contributed by atoms with Crippen LogP contribution in [0.3, 0.4) is 0 Å². The highest BCUT2D eigenvalue weighted by molar-refractivity contribution is 5.35. The van der Waals surface area contributed by atoms with E-state index in [9.17, 15) is 0 Å². The van der Waals surface area contributed by atoms with Crippen molar-refractivity contribution in [3.8, 4) is 5.88 Å². The molecule has 0 saturated heterocycles. The quantitative estimate of drug-likeness (QED) is 0.904. The Morgan fingerprint density at radius 2 is 2.00 bits per heavy atom. The molecule has 3 rings (SSSR count). The van der Waals surface area contributed by atoms with Gasteiger partial charge in [0.05, 0.1) is 13.2 Å². The third-order valence-electron chi connectivity index (χ3n) is 3.88. The zero-order valence-electron chi connectivity index (χ0n) is 11.8. The minimum absolute atomic E-state index is 0.262. The lowest BCUT2D eigenvalue weighted by atomic mass is 10.0. The number of nitrogens with one attached hydrogen (secondary N) is 1. The van der Waals surface area contributed by atoms with E-state index < -0.39 is 0 Å². The molecule has 1 fully saturated rings. The Morgan fingerprint density at radius 3 is 2.65 bits per heavy atom. The maximum atomic E-state index is 5.15. The van der Waals surface area contributed by atoms with Crippen LogP contribution in [0.15, 0.2) is 42.6 Å².